The topological polar surface area (TPSA) is 35.6 Å². The van der Waals surface area contributed by atoms with Crippen molar-refractivity contribution in [2.75, 3.05) is 33.2 Å². The highest BCUT2D eigenvalue weighted by atomic mass is 19.4. The molecule has 4 nitrogen and oxygen atoms in total. The van der Waals surface area contributed by atoms with Gasteiger partial charge in [0.05, 0.1) is 6.54 Å². The van der Waals surface area contributed by atoms with Gasteiger partial charge in [-0.3, -0.25) is 9.69 Å². The number of hydrogen-bond donors (Lipinski definition) is 1. The summed E-state index contributed by atoms with van der Waals surface area (Å²) in [6.45, 7) is 0.745. The van der Waals surface area contributed by atoms with E-state index in [1.165, 1.54) is 4.90 Å². The Kier molecular flexibility index (Phi) is 4.35. The Morgan fingerprint density at radius 1 is 1.26 bits per heavy atom. The van der Waals surface area contributed by atoms with Crippen LogP contribution in [-0.4, -0.2) is 67.2 Å². The van der Waals surface area contributed by atoms with Crippen LogP contribution in [0.5, 0.6) is 0 Å². The number of carbonyl (C=O) groups excluding carboxylic acids is 1. The average molecular weight is 279 g/mol. The van der Waals surface area contributed by atoms with Crippen molar-refractivity contribution in [1.29, 1.82) is 0 Å². The molecule has 0 aromatic heterocycles. The molecule has 19 heavy (non-hydrogen) atoms. The molecule has 2 aliphatic heterocycles. The molecule has 110 valence electrons. The van der Waals surface area contributed by atoms with Crippen LogP contribution >= 0.6 is 0 Å². The molecule has 2 atom stereocenters. The van der Waals surface area contributed by atoms with Crippen molar-refractivity contribution in [2.24, 2.45) is 0 Å². The number of likely N-dealkylation sites (tertiary alicyclic amines) is 2. The number of carbonyl (C=O) groups is 1. The van der Waals surface area contributed by atoms with Gasteiger partial charge in [-0.05, 0) is 12.8 Å². The third kappa shape index (κ3) is 4.35. The Balaban J connectivity index is 1.75. The van der Waals surface area contributed by atoms with E-state index in [1.807, 2.05) is 0 Å². The van der Waals surface area contributed by atoms with E-state index in [9.17, 15) is 18.0 Å². The van der Waals surface area contributed by atoms with Gasteiger partial charge in [0.1, 0.15) is 0 Å². The number of alkyl halides is 3. The summed E-state index contributed by atoms with van der Waals surface area (Å²) in [5.74, 6) is 0.142. The number of rotatable bonds is 3. The van der Waals surface area contributed by atoms with Crippen LogP contribution < -0.4 is 5.32 Å². The largest absolute Gasteiger partial charge is 0.401 e. The first-order chi connectivity index (χ1) is 8.83. The van der Waals surface area contributed by atoms with E-state index in [-0.39, 0.29) is 18.0 Å². The lowest BCUT2D eigenvalue weighted by atomic mass is 10.0. The van der Waals surface area contributed by atoms with E-state index in [2.05, 4.69) is 5.32 Å². The van der Waals surface area contributed by atoms with Gasteiger partial charge in [0.25, 0.3) is 0 Å². The number of halogens is 3. The first kappa shape index (κ1) is 14.6. The van der Waals surface area contributed by atoms with Gasteiger partial charge in [0.2, 0.25) is 5.91 Å². The van der Waals surface area contributed by atoms with E-state index in [4.69, 9.17) is 0 Å². The van der Waals surface area contributed by atoms with Gasteiger partial charge in [-0.2, -0.15) is 13.2 Å². The lowest BCUT2D eigenvalue weighted by Crippen LogP contribution is -2.50. The van der Waals surface area contributed by atoms with Crippen molar-refractivity contribution in [3.63, 3.8) is 0 Å². The molecule has 1 N–H and O–H groups in total. The lowest BCUT2D eigenvalue weighted by Gasteiger charge is -2.32. The summed E-state index contributed by atoms with van der Waals surface area (Å²) in [5, 5.41) is 3.38. The molecule has 2 saturated heterocycles. The zero-order valence-electron chi connectivity index (χ0n) is 11.0. The normalized spacial score (nSPS) is 30.1. The third-order valence-electron chi connectivity index (χ3n) is 3.77. The molecule has 7 heteroatoms. The van der Waals surface area contributed by atoms with E-state index in [0.717, 1.165) is 12.8 Å². The van der Waals surface area contributed by atoms with Crippen LogP contribution in [0.4, 0.5) is 13.2 Å². The monoisotopic (exact) mass is 279 g/mol. The fraction of sp³-hybridized carbons (Fsp3) is 0.917. The Bertz CT molecular complexity index is 335. The van der Waals surface area contributed by atoms with E-state index < -0.39 is 12.7 Å². The second-order valence-electron chi connectivity index (χ2n) is 5.51. The van der Waals surface area contributed by atoms with E-state index in [1.54, 1.807) is 11.9 Å². The van der Waals surface area contributed by atoms with Crippen molar-refractivity contribution in [2.45, 2.75) is 37.5 Å². The number of likely N-dealkylation sites (N-methyl/N-ethyl adjacent to an activating group) is 1. The molecule has 2 rings (SSSR count). The van der Waals surface area contributed by atoms with Crippen LogP contribution in [-0.2, 0) is 4.79 Å². The van der Waals surface area contributed by atoms with Gasteiger partial charge in [-0.25, -0.2) is 0 Å². The maximum atomic E-state index is 12.3. The third-order valence-corrected chi connectivity index (χ3v) is 3.77. The Hall–Kier alpha value is -0.820. The predicted molar refractivity (Wildman–Crippen MR) is 64.7 cm³/mol. The number of amides is 1. The minimum atomic E-state index is -4.12. The first-order valence-electron chi connectivity index (χ1n) is 6.62. The summed E-state index contributed by atoms with van der Waals surface area (Å²) in [6.07, 6.45) is -2.08. The SMILES string of the molecule is CN1C[C@H](N[C@@H]2CCN(CC(F)(F)F)C2)CCC1=O. The first-order valence-corrected chi connectivity index (χ1v) is 6.62. The van der Waals surface area contributed by atoms with Crippen molar-refractivity contribution in [3.8, 4) is 0 Å². The van der Waals surface area contributed by atoms with Crippen LogP contribution in [0.1, 0.15) is 19.3 Å². The standard InChI is InChI=1S/C12H20F3N3O/c1-17-6-9(2-3-11(17)19)16-10-4-5-18(7-10)8-12(13,14)15/h9-10,16H,2-8H2,1H3/t9-,10-/m1/s1. The van der Waals surface area contributed by atoms with Crippen molar-refractivity contribution in [3.05, 3.63) is 0 Å². The predicted octanol–water partition coefficient (Wildman–Crippen LogP) is 0.833. The number of nitrogens with zero attached hydrogens (tertiary/aromatic N) is 2. The van der Waals surface area contributed by atoms with E-state index in [0.29, 0.717) is 26.1 Å². The second kappa shape index (κ2) is 5.66. The zero-order valence-corrected chi connectivity index (χ0v) is 11.0. The highest BCUT2D eigenvalue weighted by molar-refractivity contribution is 5.76. The molecule has 0 aliphatic carbocycles. The van der Waals surface area contributed by atoms with Crippen LogP contribution in [0.15, 0.2) is 0 Å². The maximum absolute atomic E-state index is 12.3. The van der Waals surface area contributed by atoms with Crippen molar-refractivity contribution < 1.29 is 18.0 Å². The molecule has 2 fully saturated rings. The van der Waals surface area contributed by atoms with Gasteiger partial charge in [-0.1, -0.05) is 0 Å². The van der Waals surface area contributed by atoms with Crippen molar-refractivity contribution >= 4 is 5.91 Å². The number of hydrogen-bond acceptors (Lipinski definition) is 3. The highest BCUT2D eigenvalue weighted by Crippen LogP contribution is 2.20. The van der Waals surface area contributed by atoms with Crippen LogP contribution in [0.3, 0.4) is 0 Å². The molecule has 0 bridgehead atoms. The maximum Gasteiger partial charge on any atom is 0.401 e. The zero-order chi connectivity index (χ0) is 14.0. The van der Waals surface area contributed by atoms with Gasteiger partial charge < -0.3 is 10.2 Å². The summed E-state index contributed by atoms with van der Waals surface area (Å²) in [7, 11) is 1.76. The molecule has 2 heterocycles. The summed E-state index contributed by atoms with van der Waals surface area (Å²) in [6, 6.07) is 0.312. The van der Waals surface area contributed by atoms with Gasteiger partial charge in [-0.15, -0.1) is 0 Å². The van der Waals surface area contributed by atoms with Gasteiger partial charge in [0.15, 0.2) is 0 Å². The summed E-state index contributed by atoms with van der Waals surface area (Å²) >= 11 is 0. The quantitative estimate of drug-likeness (QED) is 0.831. The summed E-state index contributed by atoms with van der Waals surface area (Å²) < 4.78 is 36.8. The van der Waals surface area contributed by atoms with Crippen molar-refractivity contribution in [1.82, 2.24) is 15.1 Å². The molecule has 0 spiro atoms. The fourth-order valence-electron chi connectivity index (χ4n) is 2.85. The lowest BCUT2D eigenvalue weighted by molar-refractivity contribution is -0.143. The molecular weight excluding hydrogens is 259 g/mol. The summed E-state index contributed by atoms with van der Waals surface area (Å²) in [4.78, 5) is 14.5. The molecule has 1 amide bonds. The Morgan fingerprint density at radius 2 is 1.95 bits per heavy atom. The highest BCUT2D eigenvalue weighted by Gasteiger charge is 2.35. The minimum absolute atomic E-state index is 0.106. The van der Waals surface area contributed by atoms with Crippen LogP contribution in [0, 0.1) is 0 Å². The minimum Gasteiger partial charge on any atom is -0.344 e. The van der Waals surface area contributed by atoms with E-state index >= 15 is 0 Å². The second-order valence-corrected chi connectivity index (χ2v) is 5.51. The molecule has 0 aromatic rings. The number of piperidine rings is 1. The smallest absolute Gasteiger partial charge is 0.344 e. The molecule has 0 unspecified atom stereocenters. The number of nitrogens with one attached hydrogen (secondary N) is 1. The van der Waals surface area contributed by atoms with Crippen LogP contribution in [0.2, 0.25) is 0 Å². The summed E-state index contributed by atoms with van der Waals surface area (Å²) in [5.41, 5.74) is 0. The molecule has 0 aromatic carbocycles. The Labute approximate surface area is 110 Å². The molecule has 0 saturated carbocycles. The van der Waals surface area contributed by atoms with Gasteiger partial charge in [0, 0.05) is 45.2 Å². The molecule has 2 aliphatic rings. The Morgan fingerprint density at radius 3 is 2.58 bits per heavy atom. The average Bonchev–Trinajstić information content (AvgIpc) is 2.68. The van der Waals surface area contributed by atoms with Gasteiger partial charge >= 0.3 is 6.18 Å². The van der Waals surface area contributed by atoms with Crippen LogP contribution in [0.25, 0.3) is 0 Å². The fourth-order valence-corrected chi connectivity index (χ4v) is 2.85. The molecular formula is C12H20F3N3O. The molecule has 0 radical (unpaired) electrons.